The van der Waals surface area contributed by atoms with Crippen LogP contribution in [0.15, 0.2) is 53.6 Å². The second kappa shape index (κ2) is 9.62. The lowest BCUT2D eigenvalue weighted by Gasteiger charge is -2.02. The fraction of sp³-hybridized carbons (Fsp3) is 0.105. The average Bonchev–Trinajstić information content (AvgIpc) is 2.67. The zero-order valence-corrected chi connectivity index (χ0v) is 14.5. The SMILES string of the molecule is COc1ccc(/C=C\C(=O)NCC(=O)N/N=C/c2ccc(O)cc2O)cc1. The third-order valence-electron chi connectivity index (χ3n) is 3.37. The van der Waals surface area contributed by atoms with Gasteiger partial charge in [0.1, 0.15) is 17.2 Å². The van der Waals surface area contributed by atoms with Crippen molar-refractivity contribution in [2.24, 2.45) is 5.10 Å². The molecule has 8 nitrogen and oxygen atoms in total. The summed E-state index contributed by atoms with van der Waals surface area (Å²) in [6.07, 6.45) is 4.14. The number of rotatable bonds is 7. The lowest BCUT2D eigenvalue weighted by Crippen LogP contribution is -2.34. The highest BCUT2D eigenvalue weighted by molar-refractivity contribution is 5.94. The van der Waals surface area contributed by atoms with Crippen LogP contribution in [0.1, 0.15) is 11.1 Å². The molecule has 4 N–H and O–H groups in total. The number of aromatic hydroxyl groups is 2. The summed E-state index contributed by atoms with van der Waals surface area (Å²) < 4.78 is 5.05. The van der Waals surface area contributed by atoms with Gasteiger partial charge in [-0.15, -0.1) is 0 Å². The van der Waals surface area contributed by atoms with Gasteiger partial charge in [0.2, 0.25) is 5.91 Å². The minimum atomic E-state index is -0.532. The summed E-state index contributed by atoms with van der Waals surface area (Å²) in [5, 5.41) is 24.9. The molecule has 27 heavy (non-hydrogen) atoms. The smallest absolute Gasteiger partial charge is 0.259 e. The van der Waals surface area contributed by atoms with Gasteiger partial charge in [-0.3, -0.25) is 9.59 Å². The molecule has 0 aromatic heterocycles. The molecule has 0 heterocycles. The molecule has 2 aromatic carbocycles. The maximum Gasteiger partial charge on any atom is 0.259 e. The van der Waals surface area contributed by atoms with E-state index in [4.69, 9.17) is 4.74 Å². The Kier molecular flexibility index (Phi) is 6.95. The van der Waals surface area contributed by atoms with Crippen LogP contribution in [0.2, 0.25) is 0 Å². The first-order valence-corrected chi connectivity index (χ1v) is 7.92. The van der Waals surface area contributed by atoms with E-state index in [1.807, 2.05) is 0 Å². The van der Waals surface area contributed by atoms with Crippen LogP contribution >= 0.6 is 0 Å². The highest BCUT2D eigenvalue weighted by atomic mass is 16.5. The van der Waals surface area contributed by atoms with E-state index >= 15 is 0 Å². The second-order valence-corrected chi connectivity index (χ2v) is 5.36. The van der Waals surface area contributed by atoms with Gasteiger partial charge in [0, 0.05) is 17.7 Å². The van der Waals surface area contributed by atoms with Gasteiger partial charge < -0.3 is 20.3 Å². The van der Waals surface area contributed by atoms with E-state index in [9.17, 15) is 19.8 Å². The summed E-state index contributed by atoms with van der Waals surface area (Å²) in [5.41, 5.74) is 3.35. The molecule has 0 spiro atoms. The highest BCUT2D eigenvalue weighted by Gasteiger charge is 2.03. The molecule has 0 unspecified atom stereocenters. The third kappa shape index (κ3) is 6.54. The molecule has 0 bridgehead atoms. The van der Waals surface area contributed by atoms with Gasteiger partial charge in [0.05, 0.1) is 19.9 Å². The highest BCUT2D eigenvalue weighted by Crippen LogP contribution is 2.20. The van der Waals surface area contributed by atoms with Gasteiger partial charge >= 0.3 is 0 Å². The zero-order valence-electron chi connectivity index (χ0n) is 14.5. The second-order valence-electron chi connectivity index (χ2n) is 5.36. The minimum Gasteiger partial charge on any atom is -0.508 e. The van der Waals surface area contributed by atoms with E-state index in [1.165, 1.54) is 24.4 Å². The van der Waals surface area contributed by atoms with Crippen molar-refractivity contribution in [3.05, 3.63) is 59.7 Å². The fourth-order valence-corrected chi connectivity index (χ4v) is 1.97. The number of phenolic OH excluding ortho intramolecular Hbond substituents is 2. The molecule has 0 fully saturated rings. The Labute approximate surface area is 155 Å². The van der Waals surface area contributed by atoms with Crippen LogP contribution in [-0.2, 0) is 9.59 Å². The summed E-state index contributed by atoms with van der Waals surface area (Å²) in [6, 6.07) is 11.1. The number of hydrazone groups is 1. The Bertz CT molecular complexity index is 860. The van der Waals surface area contributed by atoms with Crippen LogP contribution in [0.4, 0.5) is 0 Å². The van der Waals surface area contributed by atoms with E-state index in [-0.39, 0.29) is 18.0 Å². The molecule has 0 aliphatic rings. The molecular weight excluding hydrogens is 350 g/mol. The summed E-state index contributed by atoms with van der Waals surface area (Å²) in [7, 11) is 1.57. The molecule has 0 aliphatic heterocycles. The zero-order chi connectivity index (χ0) is 19.6. The predicted octanol–water partition coefficient (Wildman–Crippen LogP) is 1.39. The van der Waals surface area contributed by atoms with Crippen LogP contribution in [-0.4, -0.2) is 41.9 Å². The standard InChI is InChI=1S/C19H19N3O5/c1-27-16-7-2-13(3-8-16)4-9-18(25)20-12-19(26)22-21-11-14-5-6-15(23)10-17(14)24/h2-11,23-24H,12H2,1H3,(H,20,25)(H,22,26)/b9-4-,21-11+. The number of nitrogens with zero attached hydrogens (tertiary/aromatic N) is 1. The summed E-state index contributed by atoms with van der Waals surface area (Å²) in [4.78, 5) is 23.4. The van der Waals surface area contributed by atoms with Crippen molar-refractivity contribution >= 4 is 24.1 Å². The van der Waals surface area contributed by atoms with Gasteiger partial charge in [0.15, 0.2) is 0 Å². The Morgan fingerprint density at radius 1 is 1.15 bits per heavy atom. The molecular formula is C19H19N3O5. The first-order valence-electron chi connectivity index (χ1n) is 7.92. The fourth-order valence-electron chi connectivity index (χ4n) is 1.97. The van der Waals surface area contributed by atoms with Crippen LogP contribution in [0, 0.1) is 0 Å². The minimum absolute atomic E-state index is 0.0842. The first-order chi connectivity index (χ1) is 13.0. The van der Waals surface area contributed by atoms with Crippen molar-refractivity contribution in [3.8, 4) is 17.2 Å². The molecule has 0 saturated carbocycles. The van der Waals surface area contributed by atoms with E-state index < -0.39 is 11.8 Å². The monoisotopic (exact) mass is 369 g/mol. The van der Waals surface area contributed by atoms with Gasteiger partial charge in [0.25, 0.3) is 5.91 Å². The van der Waals surface area contributed by atoms with E-state index in [0.29, 0.717) is 5.56 Å². The first kappa shape index (κ1) is 19.5. The predicted molar refractivity (Wildman–Crippen MR) is 101 cm³/mol. The Morgan fingerprint density at radius 2 is 1.89 bits per heavy atom. The number of hydrogen-bond acceptors (Lipinski definition) is 6. The van der Waals surface area contributed by atoms with Crippen molar-refractivity contribution in [3.63, 3.8) is 0 Å². The Balaban J connectivity index is 1.76. The number of benzene rings is 2. The molecule has 0 aliphatic carbocycles. The van der Waals surface area contributed by atoms with E-state index in [2.05, 4.69) is 15.8 Å². The number of ether oxygens (including phenoxy) is 1. The topological polar surface area (TPSA) is 120 Å². The molecule has 140 valence electrons. The van der Waals surface area contributed by atoms with Crippen LogP contribution < -0.4 is 15.5 Å². The lowest BCUT2D eigenvalue weighted by molar-refractivity contribution is -0.123. The third-order valence-corrected chi connectivity index (χ3v) is 3.37. The number of carbonyl (C=O) groups is 2. The molecule has 2 rings (SSSR count). The van der Waals surface area contributed by atoms with Crippen LogP contribution in [0.3, 0.4) is 0 Å². The molecule has 0 atom stereocenters. The van der Waals surface area contributed by atoms with Gasteiger partial charge in [-0.2, -0.15) is 5.10 Å². The van der Waals surface area contributed by atoms with Crippen LogP contribution in [0.5, 0.6) is 17.2 Å². The van der Waals surface area contributed by atoms with Gasteiger partial charge in [-0.25, -0.2) is 5.43 Å². The molecule has 8 heteroatoms. The average molecular weight is 369 g/mol. The lowest BCUT2D eigenvalue weighted by atomic mass is 10.2. The van der Waals surface area contributed by atoms with Crippen molar-refractivity contribution in [1.82, 2.24) is 10.7 Å². The molecule has 0 saturated heterocycles. The van der Waals surface area contributed by atoms with Crippen molar-refractivity contribution < 1.29 is 24.5 Å². The number of amides is 2. The molecule has 0 radical (unpaired) electrons. The van der Waals surface area contributed by atoms with E-state index in [0.717, 1.165) is 17.4 Å². The molecule has 2 amide bonds. The number of hydrogen-bond donors (Lipinski definition) is 4. The largest absolute Gasteiger partial charge is 0.508 e. The van der Waals surface area contributed by atoms with Gasteiger partial charge in [-0.05, 0) is 35.9 Å². The normalized spacial score (nSPS) is 10.9. The summed E-state index contributed by atoms with van der Waals surface area (Å²) >= 11 is 0. The summed E-state index contributed by atoms with van der Waals surface area (Å²) in [6.45, 7) is -0.259. The van der Waals surface area contributed by atoms with Crippen molar-refractivity contribution in [1.29, 1.82) is 0 Å². The Hall–Kier alpha value is -3.81. The number of methoxy groups -OCH3 is 1. The summed E-state index contributed by atoms with van der Waals surface area (Å²) in [5.74, 6) is -0.504. The maximum atomic E-state index is 11.7. The number of phenols is 2. The van der Waals surface area contributed by atoms with Crippen LogP contribution in [0.25, 0.3) is 6.08 Å². The Morgan fingerprint density at radius 3 is 2.56 bits per heavy atom. The number of carbonyl (C=O) groups excluding carboxylic acids is 2. The van der Waals surface area contributed by atoms with Crippen molar-refractivity contribution in [2.75, 3.05) is 13.7 Å². The van der Waals surface area contributed by atoms with E-state index in [1.54, 1.807) is 37.5 Å². The van der Waals surface area contributed by atoms with Crippen molar-refractivity contribution in [2.45, 2.75) is 0 Å². The quantitative estimate of drug-likeness (QED) is 0.334. The molecule has 2 aromatic rings. The number of nitrogens with one attached hydrogen (secondary N) is 2. The maximum absolute atomic E-state index is 11.7. The van der Waals surface area contributed by atoms with Gasteiger partial charge in [-0.1, -0.05) is 12.1 Å².